The van der Waals surface area contributed by atoms with Crippen LogP contribution in [-0.4, -0.2) is 15.9 Å². The van der Waals surface area contributed by atoms with E-state index in [1.165, 1.54) is 41.9 Å². The predicted molar refractivity (Wildman–Crippen MR) is 198 cm³/mol. The molecule has 0 spiro atoms. The molecule has 0 saturated heterocycles. The topological polar surface area (TPSA) is 63.3 Å². The van der Waals surface area contributed by atoms with Gasteiger partial charge in [0.25, 0.3) is 0 Å². The minimum absolute atomic E-state index is 0. The summed E-state index contributed by atoms with van der Waals surface area (Å²) in [4.78, 5) is 17.0. The molecule has 47 heavy (non-hydrogen) atoms. The van der Waals surface area contributed by atoms with Crippen molar-refractivity contribution in [3.8, 4) is 11.3 Å². The van der Waals surface area contributed by atoms with E-state index in [0.717, 1.165) is 47.9 Å². The molecule has 4 heterocycles. The van der Waals surface area contributed by atoms with Crippen molar-refractivity contribution in [1.82, 2.24) is 4.98 Å². The number of nitrogens with zero attached hydrogens (tertiary/aromatic N) is 1. The maximum absolute atomic E-state index is 12.2. The van der Waals surface area contributed by atoms with Crippen molar-refractivity contribution in [2.45, 2.75) is 93.4 Å². The molecule has 0 unspecified atom stereocenters. The maximum atomic E-state index is 12.2. The Kier molecular flexibility index (Phi) is 11.3. The molecule has 0 amide bonds. The van der Waals surface area contributed by atoms with Gasteiger partial charge in [0.05, 0.1) is 6.26 Å². The standard InChI is InChI=1S/C25H18NOS2.C15H28O2.Ir/c1-25(2,3)17-13-15(12-14-8-11-28-24(14)17)23-22-20(6-9-26-23)29-19-5-4-18-16(21(19)22)7-10-27-18;1-7-14(5,8-2)12(16)11-13(17)15(6,9-3)10-4;/h4-11,13H,1-3H3;11,16H,7-10H2,1-6H3;/q-1;;/b;12-11-;. The Morgan fingerprint density at radius 3 is 2.21 bits per heavy atom. The number of pyridine rings is 1. The van der Waals surface area contributed by atoms with Crippen LogP contribution in [0.2, 0.25) is 0 Å². The van der Waals surface area contributed by atoms with E-state index in [1.54, 1.807) is 17.6 Å². The van der Waals surface area contributed by atoms with Crippen molar-refractivity contribution in [3.63, 3.8) is 0 Å². The predicted octanol–water partition coefficient (Wildman–Crippen LogP) is 12.8. The number of aliphatic hydroxyl groups excluding tert-OH is 1. The summed E-state index contributed by atoms with van der Waals surface area (Å²) in [7, 11) is 0. The van der Waals surface area contributed by atoms with E-state index in [1.807, 2.05) is 59.1 Å². The largest absolute Gasteiger partial charge is 0.512 e. The fraction of sp³-hybridized carbons (Fsp3) is 0.400. The summed E-state index contributed by atoms with van der Waals surface area (Å²) in [6, 6.07) is 16.5. The molecule has 4 nitrogen and oxygen atoms in total. The van der Waals surface area contributed by atoms with Gasteiger partial charge in [0.1, 0.15) is 11.3 Å². The van der Waals surface area contributed by atoms with Crippen molar-refractivity contribution in [2.24, 2.45) is 10.8 Å². The summed E-state index contributed by atoms with van der Waals surface area (Å²) < 4.78 is 9.50. The molecule has 0 aliphatic carbocycles. The van der Waals surface area contributed by atoms with Gasteiger partial charge in [-0.1, -0.05) is 73.4 Å². The van der Waals surface area contributed by atoms with E-state index in [0.29, 0.717) is 0 Å². The normalized spacial score (nSPS) is 12.8. The molecule has 0 aliphatic rings. The van der Waals surface area contributed by atoms with Gasteiger partial charge in [-0.25, -0.2) is 0 Å². The number of benzene rings is 2. The van der Waals surface area contributed by atoms with Crippen LogP contribution in [0.15, 0.2) is 70.5 Å². The first kappa shape index (κ1) is 37.0. The molecule has 0 bridgehead atoms. The molecule has 6 aromatic rings. The number of carbonyl (C=O) groups is 1. The monoisotopic (exact) mass is 845 g/mol. The van der Waals surface area contributed by atoms with E-state index < -0.39 is 0 Å². The zero-order valence-electron chi connectivity index (χ0n) is 29.0. The summed E-state index contributed by atoms with van der Waals surface area (Å²) in [6.45, 7) is 18.9. The summed E-state index contributed by atoms with van der Waals surface area (Å²) in [5, 5.41) is 17.0. The number of hydrogen-bond donors (Lipinski definition) is 1. The molecular weight excluding hydrogens is 799 g/mol. The van der Waals surface area contributed by atoms with Gasteiger partial charge < -0.3 is 9.52 Å². The van der Waals surface area contributed by atoms with E-state index in [9.17, 15) is 9.90 Å². The summed E-state index contributed by atoms with van der Waals surface area (Å²) in [5.41, 5.74) is 3.78. The number of fused-ring (bicyclic) bond motifs is 6. The van der Waals surface area contributed by atoms with Gasteiger partial charge in [0, 0.05) is 69.1 Å². The van der Waals surface area contributed by atoms with Gasteiger partial charge >= 0.3 is 0 Å². The third kappa shape index (κ3) is 7.01. The van der Waals surface area contributed by atoms with Crippen LogP contribution in [0.5, 0.6) is 0 Å². The molecule has 1 N–H and O–H groups in total. The number of aliphatic hydroxyl groups is 1. The zero-order valence-corrected chi connectivity index (χ0v) is 33.0. The SMILES string of the molecule is CC(C)(C)c1cc(-c2nccc3sc4ccc5occc5c4c23)[c-]c2ccsc12.CCC(C)(CC)C(=O)/C=C(\O)C(C)(CC)CC.[Ir]. The number of thiophene rings is 2. The van der Waals surface area contributed by atoms with E-state index in [-0.39, 0.29) is 47.9 Å². The molecule has 0 aliphatic heterocycles. The van der Waals surface area contributed by atoms with Gasteiger partial charge in [-0.2, -0.15) is 11.3 Å². The second-order valence-electron chi connectivity index (χ2n) is 13.8. The molecule has 7 heteroatoms. The number of carbonyl (C=O) groups excluding carboxylic acids is 1. The number of rotatable bonds is 8. The van der Waals surface area contributed by atoms with Crippen LogP contribution in [-0.2, 0) is 30.3 Å². The van der Waals surface area contributed by atoms with Gasteiger partial charge in [0.15, 0.2) is 5.78 Å². The molecule has 251 valence electrons. The van der Waals surface area contributed by atoms with Gasteiger partial charge in [-0.15, -0.1) is 34.9 Å². The number of furan rings is 1. The molecule has 6 rings (SSSR count). The van der Waals surface area contributed by atoms with Crippen molar-refractivity contribution in [1.29, 1.82) is 0 Å². The molecule has 4 aromatic heterocycles. The Hall–Kier alpha value is -2.83. The second-order valence-corrected chi connectivity index (χ2v) is 15.8. The van der Waals surface area contributed by atoms with Crippen molar-refractivity contribution >= 4 is 69.7 Å². The quantitative estimate of drug-likeness (QED) is 0.0942. The van der Waals surface area contributed by atoms with Crippen LogP contribution in [0.3, 0.4) is 0 Å². The number of ketones is 1. The van der Waals surface area contributed by atoms with Crippen LogP contribution in [0.25, 0.3) is 52.5 Å². The molecule has 0 atom stereocenters. The van der Waals surface area contributed by atoms with Gasteiger partial charge in [-0.3, -0.25) is 9.78 Å². The number of allylic oxidation sites excluding steroid dienone is 2. The maximum Gasteiger partial charge on any atom is 0.164 e. The molecular formula is C40H46IrNO3S2-. The summed E-state index contributed by atoms with van der Waals surface area (Å²) >= 11 is 3.60. The first-order chi connectivity index (χ1) is 21.8. The average molecular weight is 845 g/mol. The third-order valence-corrected chi connectivity index (χ3v) is 12.2. The first-order valence-electron chi connectivity index (χ1n) is 16.4. The van der Waals surface area contributed by atoms with E-state index in [4.69, 9.17) is 9.40 Å². The van der Waals surface area contributed by atoms with Crippen LogP contribution in [0.4, 0.5) is 0 Å². The summed E-state index contributed by atoms with van der Waals surface area (Å²) in [5.74, 6) is 0.286. The van der Waals surface area contributed by atoms with Crippen molar-refractivity contribution in [2.75, 3.05) is 0 Å². The fourth-order valence-electron chi connectivity index (χ4n) is 5.84. The van der Waals surface area contributed by atoms with Gasteiger partial charge in [0.2, 0.25) is 0 Å². The zero-order chi connectivity index (χ0) is 33.4. The number of aromatic nitrogens is 1. The third-order valence-electron chi connectivity index (χ3n) is 10.1. The van der Waals surface area contributed by atoms with Crippen LogP contribution >= 0.6 is 22.7 Å². The Labute approximate surface area is 300 Å². The summed E-state index contributed by atoms with van der Waals surface area (Å²) in [6.07, 6.45) is 8.44. The molecule has 1 radical (unpaired) electrons. The fourth-order valence-corrected chi connectivity index (χ4v) is 8.03. The Balaban J connectivity index is 0.000000242. The van der Waals surface area contributed by atoms with Crippen LogP contribution in [0.1, 0.15) is 93.6 Å². The van der Waals surface area contributed by atoms with E-state index >= 15 is 0 Å². The van der Waals surface area contributed by atoms with Crippen LogP contribution in [0, 0.1) is 16.9 Å². The van der Waals surface area contributed by atoms with Crippen molar-refractivity contribution in [3.05, 3.63) is 77.7 Å². The molecule has 2 aromatic carbocycles. The Morgan fingerprint density at radius 2 is 1.57 bits per heavy atom. The minimum atomic E-state index is -0.337. The number of hydrogen-bond acceptors (Lipinski definition) is 6. The Bertz CT molecular complexity index is 2050. The Morgan fingerprint density at radius 1 is 0.915 bits per heavy atom. The van der Waals surface area contributed by atoms with Crippen LogP contribution < -0.4 is 0 Å². The molecule has 0 saturated carbocycles. The van der Waals surface area contributed by atoms with E-state index in [2.05, 4.69) is 68.6 Å². The average Bonchev–Trinajstić information content (AvgIpc) is 3.80. The van der Waals surface area contributed by atoms with Crippen molar-refractivity contribution < 1.29 is 34.4 Å². The second kappa shape index (κ2) is 14.3. The minimum Gasteiger partial charge on any atom is -0.512 e. The smallest absolute Gasteiger partial charge is 0.164 e. The molecule has 0 fully saturated rings. The first-order valence-corrected chi connectivity index (χ1v) is 18.1. The van der Waals surface area contributed by atoms with Gasteiger partial charge in [-0.05, 0) is 70.8 Å².